The second-order valence-electron chi connectivity index (χ2n) is 4.79. The van der Waals surface area contributed by atoms with Gasteiger partial charge < -0.3 is 19.5 Å². The zero-order chi connectivity index (χ0) is 16.4. The summed E-state index contributed by atoms with van der Waals surface area (Å²) in [6.07, 6.45) is 6.49. The van der Waals surface area contributed by atoms with Crippen LogP contribution < -0.4 is 19.5 Å². The number of amides is 1. The van der Waals surface area contributed by atoms with Crippen molar-refractivity contribution in [2.24, 2.45) is 0 Å². The summed E-state index contributed by atoms with van der Waals surface area (Å²) in [5, 5.41) is 2.85. The van der Waals surface area contributed by atoms with Gasteiger partial charge in [-0.1, -0.05) is 19.8 Å². The molecule has 0 atom stereocenters. The predicted octanol–water partition coefficient (Wildman–Crippen LogP) is 3.03. The minimum Gasteiger partial charge on any atom is -0.493 e. The van der Waals surface area contributed by atoms with Crippen LogP contribution in [-0.4, -0.2) is 33.8 Å². The Kier molecular flexibility index (Phi) is 7.89. The second-order valence-corrected chi connectivity index (χ2v) is 4.79. The summed E-state index contributed by atoms with van der Waals surface area (Å²) in [5.74, 6) is 1.55. The van der Waals surface area contributed by atoms with Crippen LogP contribution in [0.1, 0.15) is 31.7 Å². The van der Waals surface area contributed by atoms with E-state index in [0.717, 1.165) is 24.8 Å². The molecule has 0 aromatic heterocycles. The normalized spacial score (nSPS) is 10.5. The Hall–Kier alpha value is -2.17. The second kappa shape index (κ2) is 9.71. The number of carbonyl (C=O) groups is 1. The summed E-state index contributed by atoms with van der Waals surface area (Å²) < 4.78 is 15.8. The SMILES string of the molecule is CCCCCNC(=O)/C=C/c1cc(OC)c(OC)c(OC)c1. The number of hydrogen-bond acceptors (Lipinski definition) is 4. The number of carbonyl (C=O) groups excluding carboxylic acids is 1. The highest BCUT2D eigenvalue weighted by atomic mass is 16.5. The molecule has 0 spiro atoms. The number of hydrogen-bond donors (Lipinski definition) is 1. The maximum Gasteiger partial charge on any atom is 0.243 e. The largest absolute Gasteiger partial charge is 0.493 e. The van der Waals surface area contributed by atoms with Gasteiger partial charge in [0.15, 0.2) is 11.5 Å². The van der Waals surface area contributed by atoms with E-state index in [1.54, 1.807) is 39.5 Å². The molecule has 1 aromatic carbocycles. The van der Waals surface area contributed by atoms with Gasteiger partial charge in [0.1, 0.15) is 0 Å². The molecule has 0 fully saturated rings. The van der Waals surface area contributed by atoms with Gasteiger partial charge in [0.05, 0.1) is 21.3 Å². The topological polar surface area (TPSA) is 56.8 Å². The molecule has 0 radical (unpaired) electrons. The Morgan fingerprint density at radius 2 is 1.73 bits per heavy atom. The zero-order valence-corrected chi connectivity index (χ0v) is 13.8. The van der Waals surface area contributed by atoms with Crippen LogP contribution in [0.2, 0.25) is 0 Å². The summed E-state index contributed by atoms with van der Waals surface area (Å²) in [4.78, 5) is 11.7. The molecule has 5 heteroatoms. The summed E-state index contributed by atoms with van der Waals surface area (Å²) in [7, 11) is 4.68. The summed E-state index contributed by atoms with van der Waals surface area (Å²) in [6.45, 7) is 2.83. The highest BCUT2D eigenvalue weighted by Gasteiger charge is 2.12. The summed E-state index contributed by atoms with van der Waals surface area (Å²) in [5.41, 5.74) is 0.804. The van der Waals surface area contributed by atoms with Gasteiger partial charge in [-0.2, -0.15) is 0 Å². The van der Waals surface area contributed by atoms with Crippen molar-refractivity contribution in [3.8, 4) is 17.2 Å². The van der Waals surface area contributed by atoms with Crippen molar-refractivity contribution in [1.29, 1.82) is 0 Å². The molecule has 5 nitrogen and oxygen atoms in total. The Bertz CT molecular complexity index is 486. The van der Waals surface area contributed by atoms with Gasteiger partial charge >= 0.3 is 0 Å². The average molecular weight is 307 g/mol. The van der Waals surface area contributed by atoms with Crippen molar-refractivity contribution in [2.45, 2.75) is 26.2 Å². The number of rotatable bonds is 9. The van der Waals surface area contributed by atoms with E-state index < -0.39 is 0 Å². The molecule has 122 valence electrons. The van der Waals surface area contributed by atoms with Crippen LogP contribution in [0.25, 0.3) is 6.08 Å². The van der Waals surface area contributed by atoms with E-state index in [2.05, 4.69) is 12.2 Å². The van der Waals surface area contributed by atoms with E-state index in [9.17, 15) is 4.79 Å². The van der Waals surface area contributed by atoms with E-state index in [1.165, 1.54) is 6.08 Å². The molecule has 1 rings (SSSR count). The first-order chi connectivity index (χ1) is 10.7. The maximum absolute atomic E-state index is 11.7. The molecular weight excluding hydrogens is 282 g/mol. The molecule has 0 unspecified atom stereocenters. The smallest absolute Gasteiger partial charge is 0.243 e. The standard InChI is InChI=1S/C17H25NO4/c1-5-6-7-10-18-16(19)9-8-13-11-14(20-2)17(22-4)15(12-13)21-3/h8-9,11-12H,5-7,10H2,1-4H3,(H,18,19)/b9-8+. The lowest BCUT2D eigenvalue weighted by atomic mass is 10.1. The fourth-order valence-corrected chi connectivity index (χ4v) is 2.02. The molecule has 0 aliphatic rings. The summed E-state index contributed by atoms with van der Waals surface area (Å²) >= 11 is 0. The van der Waals surface area contributed by atoms with Crippen LogP contribution in [-0.2, 0) is 4.79 Å². The van der Waals surface area contributed by atoms with Crippen molar-refractivity contribution in [3.63, 3.8) is 0 Å². The third-order valence-corrected chi connectivity index (χ3v) is 3.19. The van der Waals surface area contributed by atoms with Crippen LogP contribution in [0.15, 0.2) is 18.2 Å². The van der Waals surface area contributed by atoms with Crippen molar-refractivity contribution in [1.82, 2.24) is 5.32 Å². The molecule has 0 bridgehead atoms. The van der Waals surface area contributed by atoms with Gasteiger partial charge in [-0.15, -0.1) is 0 Å². The fourth-order valence-electron chi connectivity index (χ4n) is 2.02. The van der Waals surface area contributed by atoms with Crippen molar-refractivity contribution >= 4 is 12.0 Å². The highest BCUT2D eigenvalue weighted by molar-refractivity contribution is 5.91. The van der Waals surface area contributed by atoms with E-state index in [-0.39, 0.29) is 5.91 Å². The van der Waals surface area contributed by atoms with Crippen LogP contribution in [0.5, 0.6) is 17.2 Å². The first-order valence-corrected chi connectivity index (χ1v) is 7.42. The monoisotopic (exact) mass is 307 g/mol. The number of benzene rings is 1. The molecule has 1 amide bonds. The molecule has 22 heavy (non-hydrogen) atoms. The maximum atomic E-state index is 11.7. The van der Waals surface area contributed by atoms with Gasteiger partial charge in [0.2, 0.25) is 11.7 Å². The Balaban J connectivity index is 2.76. The lowest BCUT2D eigenvalue weighted by Gasteiger charge is -2.12. The lowest BCUT2D eigenvalue weighted by Crippen LogP contribution is -2.21. The van der Waals surface area contributed by atoms with Gasteiger partial charge in [-0.05, 0) is 30.2 Å². The molecule has 1 N–H and O–H groups in total. The number of nitrogens with one attached hydrogen (secondary N) is 1. The average Bonchev–Trinajstić information content (AvgIpc) is 2.55. The van der Waals surface area contributed by atoms with Crippen LogP contribution in [0.4, 0.5) is 0 Å². The third-order valence-electron chi connectivity index (χ3n) is 3.19. The fraction of sp³-hybridized carbons (Fsp3) is 0.471. The van der Waals surface area contributed by atoms with Crippen LogP contribution in [0, 0.1) is 0 Å². The first kappa shape index (κ1) is 17.9. The predicted molar refractivity (Wildman–Crippen MR) is 87.7 cm³/mol. The van der Waals surface area contributed by atoms with Crippen molar-refractivity contribution in [3.05, 3.63) is 23.8 Å². The van der Waals surface area contributed by atoms with E-state index >= 15 is 0 Å². The third kappa shape index (κ3) is 5.31. The van der Waals surface area contributed by atoms with E-state index in [4.69, 9.17) is 14.2 Å². The minimum absolute atomic E-state index is 0.107. The molecule has 0 aliphatic heterocycles. The van der Waals surface area contributed by atoms with E-state index in [1.807, 2.05) is 0 Å². The first-order valence-electron chi connectivity index (χ1n) is 7.42. The van der Waals surface area contributed by atoms with Gasteiger partial charge in [0, 0.05) is 12.6 Å². The van der Waals surface area contributed by atoms with Crippen molar-refractivity contribution < 1.29 is 19.0 Å². The molecule has 0 saturated heterocycles. The van der Waals surface area contributed by atoms with Crippen molar-refractivity contribution in [2.75, 3.05) is 27.9 Å². The van der Waals surface area contributed by atoms with Crippen LogP contribution >= 0.6 is 0 Å². The van der Waals surface area contributed by atoms with Gasteiger partial charge in [0.25, 0.3) is 0 Å². The quantitative estimate of drug-likeness (QED) is 0.563. The summed E-state index contributed by atoms with van der Waals surface area (Å²) in [6, 6.07) is 3.59. The molecule has 0 aliphatic carbocycles. The molecule has 1 aromatic rings. The Morgan fingerprint density at radius 3 is 2.23 bits per heavy atom. The van der Waals surface area contributed by atoms with Gasteiger partial charge in [-0.25, -0.2) is 0 Å². The Morgan fingerprint density at radius 1 is 1.09 bits per heavy atom. The van der Waals surface area contributed by atoms with E-state index in [0.29, 0.717) is 23.8 Å². The molecule has 0 saturated carbocycles. The number of ether oxygens (including phenoxy) is 3. The zero-order valence-electron chi connectivity index (χ0n) is 13.8. The lowest BCUT2D eigenvalue weighted by molar-refractivity contribution is -0.116. The minimum atomic E-state index is -0.107. The van der Waals surface area contributed by atoms with Crippen LogP contribution in [0.3, 0.4) is 0 Å². The molecule has 0 heterocycles. The Labute approximate surface area is 132 Å². The number of methoxy groups -OCH3 is 3. The van der Waals surface area contributed by atoms with Gasteiger partial charge in [-0.3, -0.25) is 4.79 Å². The number of unbranched alkanes of at least 4 members (excludes halogenated alkanes) is 2. The highest BCUT2D eigenvalue weighted by Crippen LogP contribution is 2.38. The molecular formula is C17H25NO4.